The van der Waals surface area contributed by atoms with Crippen LogP contribution in [0.3, 0.4) is 0 Å². The summed E-state index contributed by atoms with van der Waals surface area (Å²) in [6.45, 7) is 9.17. The molecule has 1 N–H and O–H groups in total. The van der Waals surface area contributed by atoms with Crippen molar-refractivity contribution in [1.29, 1.82) is 0 Å². The molecule has 2 aromatic rings. The predicted molar refractivity (Wildman–Crippen MR) is 87.6 cm³/mol. The van der Waals surface area contributed by atoms with Gasteiger partial charge in [0.2, 0.25) is 0 Å². The zero-order valence-corrected chi connectivity index (χ0v) is 15.3. The number of benzene rings is 1. The molecule has 0 aliphatic rings. The molecule has 1 aromatic carbocycles. The van der Waals surface area contributed by atoms with Gasteiger partial charge in [-0.15, -0.1) is 0 Å². The molecule has 0 unspecified atom stereocenters. The van der Waals surface area contributed by atoms with E-state index in [2.05, 4.69) is 31.4 Å². The van der Waals surface area contributed by atoms with E-state index in [1.165, 1.54) is 6.07 Å². The average Bonchev–Trinajstić information content (AvgIpc) is 2.86. The van der Waals surface area contributed by atoms with E-state index in [0.29, 0.717) is 15.9 Å². The molecule has 0 aliphatic carbocycles. The molecular weight excluding hydrogens is 365 g/mol. The minimum Gasteiger partial charge on any atom is -0.339 e. The molecule has 1 amide bonds. The number of carbonyl (C=O) groups excluding carboxylic acids is 1. The Labute approximate surface area is 142 Å². The summed E-state index contributed by atoms with van der Waals surface area (Å²) in [4.78, 5) is 16.4. The Bertz CT molecular complexity index is 735. The molecular formula is C16H19BrFN3O2. The van der Waals surface area contributed by atoms with Gasteiger partial charge in [0.15, 0.2) is 5.82 Å². The van der Waals surface area contributed by atoms with Gasteiger partial charge in [-0.25, -0.2) is 4.39 Å². The molecule has 124 valence electrons. The predicted octanol–water partition coefficient (Wildman–Crippen LogP) is 3.93. The van der Waals surface area contributed by atoms with Crippen molar-refractivity contribution in [2.45, 2.75) is 45.6 Å². The summed E-state index contributed by atoms with van der Waals surface area (Å²) in [5.74, 6) is -0.651. The van der Waals surface area contributed by atoms with E-state index in [1.807, 2.05) is 20.8 Å². The van der Waals surface area contributed by atoms with Crippen molar-refractivity contribution in [3.8, 4) is 0 Å². The number of hydrogen-bond donors (Lipinski definition) is 1. The number of carbonyl (C=O) groups is 1. The van der Waals surface area contributed by atoms with Crippen LogP contribution in [-0.4, -0.2) is 16.0 Å². The van der Waals surface area contributed by atoms with Crippen LogP contribution in [0, 0.1) is 5.82 Å². The van der Waals surface area contributed by atoms with Crippen molar-refractivity contribution in [3.63, 3.8) is 0 Å². The fourth-order valence-electron chi connectivity index (χ4n) is 2.02. The highest BCUT2D eigenvalue weighted by Gasteiger charge is 2.30. The van der Waals surface area contributed by atoms with Crippen LogP contribution >= 0.6 is 15.9 Å². The largest absolute Gasteiger partial charge is 0.339 e. The molecule has 7 heteroatoms. The van der Waals surface area contributed by atoms with E-state index in [0.717, 1.165) is 0 Å². The van der Waals surface area contributed by atoms with Gasteiger partial charge in [-0.05, 0) is 26.0 Å². The summed E-state index contributed by atoms with van der Waals surface area (Å²) >= 11 is 3.21. The third-order valence-electron chi connectivity index (χ3n) is 3.32. The monoisotopic (exact) mass is 383 g/mol. The van der Waals surface area contributed by atoms with Gasteiger partial charge in [0.05, 0.1) is 5.54 Å². The van der Waals surface area contributed by atoms with Gasteiger partial charge in [-0.2, -0.15) is 4.98 Å². The van der Waals surface area contributed by atoms with Crippen LogP contribution in [0.4, 0.5) is 4.39 Å². The highest BCUT2D eigenvalue weighted by atomic mass is 79.9. The van der Waals surface area contributed by atoms with Crippen molar-refractivity contribution in [1.82, 2.24) is 15.5 Å². The van der Waals surface area contributed by atoms with E-state index in [1.54, 1.807) is 26.0 Å². The molecule has 1 aromatic heterocycles. The first kappa shape index (κ1) is 17.6. The Balaban J connectivity index is 2.23. The Morgan fingerprint density at radius 2 is 1.91 bits per heavy atom. The van der Waals surface area contributed by atoms with Crippen molar-refractivity contribution < 1.29 is 13.7 Å². The fraction of sp³-hybridized carbons (Fsp3) is 0.438. The quantitative estimate of drug-likeness (QED) is 0.871. The van der Waals surface area contributed by atoms with E-state index >= 15 is 0 Å². The van der Waals surface area contributed by atoms with Gasteiger partial charge in [0.1, 0.15) is 5.82 Å². The second kappa shape index (κ2) is 6.03. The number of nitrogens with one attached hydrogen (secondary N) is 1. The van der Waals surface area contributed by atoms with Crippen LogP contribution < -0.4 is 5.32 Å². The minimum atomic E-state index is -0.932. The molecule has 23 heavy (non-hydrogen) atoms. The molecule has 0 saturated carbocycles. The summed E-state index contributed by atoms with van der Waals surface area (Å²) in [5.41, 5.74) is -0.891. The highest BCUT2D eigenvalue weighted by molar-refractivity contribution is 9.10. The molecule has 0 aliphatic heterocycles. The van der Waals surface area contributed by atoms with Crippen LogP contribution in [0.1, 0.15) is 56.7 Å². The Hall–Kier alpha value is -1.76. The molecule has 0 spiro atoms. The lowest BCUT2D eigenvalue weighted by Gasteiger charge is -2.26. The second-order valence-electron chi connectivity index (χ2n) is 6.88. The van der Waals surface area contributed by atoms with E-state index < -0.39 is 17.3 Å². The maximum Gasteiger partial charge on any atom is 0.315 e. The second-order valence-corrected chi connectivity index (χ2v) is 7.79. The lowest BCUT2D eigenvalue weighted by Crippen LogP contribution is -2.41. The van der Waals surface area contributed by atoms with Crippen molar-refractivity contribution >= 4 is 21.8 Å². The summed E-state index contributed by atoms with van der Waals surface area (Å²) < 4.78 is 19.8. The average molecular weight is 384 g/mol. The summed E-state index contributed by atoms with van der Waals surface area (Å²) in [6, 6.07) is 4.69. The fourth-order valence-corrected chi connectivity index (χ4v) is 2.35. The number of halogens is 2. The standard InChI is InChI=1S/C16H19BrFN3O2/c1-15(2,3)14-19-13(23-21-14)12(22)20-16(4,5)10-7-6-9(17)8-11(10)18/h6-8H,1-5H3,(H,20,22). The van der Waals surface area contributed by atoms with E-state index in [-0.39, 0.29) is 11.3 Å². The third-order valence-corrected chi connectivity index (χ3v) is 3.81. The molecule has 5 nitrogen and oxygen atoms in total. The molecule has 0 fully saturated rings. The van der Waals surface area contributed by atoms with Crippen molar-refractivity contribution in [2.75, 3.05) is 0 Å². The van der Waals surface area contributed by atoms with Crippen molar-refractivity contribution in [2.24, 2.45) is 0 Å². The number of hydrogen-bond acceptors (Lipinski definition) is 4. The normalized spacial score (nSPS) is 12.3. The van der Waals surface area contributed by atoms with Crippen LogP contribution in [-0.2, 0) is 11.0 Å². The first-order valence-corrected chi connectivity index (χ1v) is 7.92. The van der Waals surface area contributed by atoms with Gasteiger partial charge in [-0.1, -0.05) is 47.9 Å². The number of rotatable bonds is 3. The maximum absolute atomic E-state index is 14.1. The lowest BCUT2D eigenvalue weighted by atomic mass is 9.93. The van der Waals surface area contributed by atoms with E-state index in [9.17, 15) is 9.18 Å². The minimum absolute atomic E-state index is 0.138. The van der Waals surface area contributed by atoms with Gasteiger partial charge in [-0.3, -0.25) is 4.79 Å². The van der Waals surface area contributed by atoms with Crippen LogP contribution in [0.5, 0.6) is 0 Å². The van der Waals surface area contributed by atoms with Crippen LogP contribution in [0.25, 0.3) is 0 Å². The summed E-state index contributed by atoms with van der Waals surface area (Å²) in [6.07, 6.45) is 0. The smallest absolute Gasteiger partial charge is 0.315 e. The Morgan fingerprint density at radius 3 is 2.43 bits per heavy atom. The van der Waals surface area contributed by atoms with Gasteiger partial charge < -0.3 is 9.84 Å². The van der Waals surface area contributed by atoms with Gasteiger partial charge in [0.25, 0.3) is 0 Å². The number of aromatic nitrogens is 2. The number of nitrogens with zero attached hydrogens (tertiary/aromatic N) is 2. The molecule has 2 rings (SSSR count). The number of amides is 1. The highest BCUT2D eigenvalue weighted by Crippen LogP contribution is 2.26. The molecule has 0 radical (unpaired) electrons. The summed E-state index contributed by atoms with van der Waals surface area (Å²) in [7, 11) is 0. The van der Waals surface area contributed by atoms with Crippen LogP contribution in [0.15, 0.2) is 27.2 Å². The first-order valence-electron chi connectivity index (χ1n) is 7.13. The molecule has 0 atom stereocenters. The third kappa shape index (κ3) is 3.96. The Kier molecular flexibility index (Phi) is 4.61. The molecule has 0 saturated heterocycles. The first-order chi connectivity index (χ1) is 10.5. The zero-order chi connectivity index (χ0) is 17.4. The SMILES string of the molecule is CC(C)(C)c1noc(C(=O)NC(C)(C)c2ccc(Br)cc2F)n1. The van der Waals surface area contributed by atoms with Gasteiger partial charge in [0, 0.05) is 15.5 Å². The zero-order valence-electron chi connectivity index (χ0n) is 13.7. The molecule has 0 bridgehead atoms. The molecule has 1 heterocycles. The maximum atomic E-state index is 14.1. The topological polar surface area (TPSA) is 68.0 Å². The van der Waals surface area contributed by atoms with Gasteiger partial charge >= 0.3 is 11.8 Å². The van der Waals surface area contributed by atoms with Crippen LogP contribution in [0.2, 0.25) is 0 Å². The summed E-state index contributed by atoms with van der Waals surface area (Å²) in [5, 5.41) is 6.54. The van der Waals surface area contributed by atoms with E-state index in [4.69, 9.17) is 4.52 Å². The Morgan fingerprint density at radius 1 is 1.26 bits per heavy atom. The lowest BCUT2D eigenvalue weighted by molar-refractivity contribution is 0.0865. The van der Waals surface area contributed by atoms with Crippen molar-refractivity contribution in [3.05, 3.63) is 45.8 Å².